The number of carbonyl (C=O) groups excluding carboxylic acids is 1. The number of H-pyrrole nitrogens is 1. The number of nitrogens with two attached hydrogens (primary N) is 1. The van der Waals surface area contributed by atoms with Crippen LogP contribution in [0.15, 0.2) is 23.6 Å². The summed E-state index contributed by atoms with van der Waals surface area (Å²) in [6, 6.07) is 4.87. The lowest BCUT2D eigenvalue weighted by molar-refractivity contribution is 0.0996. The molecule has 0 atom stereocenters. The van der Waals surface area contributed by atoms with Crippen molar-refractivity contribution in [1.82, 2.24) is 15.4 Å². The molecule has 7 heteroatoms. The van der Waals surface area contributed by atoms with Gasteiger partial charge in [-0.05, 0) is 29.0 Å². The summed E-state index contributed by atoms with van der Waals surface area (Å²) < 4.78 is 14.9. The topological polar surface area (TPSA) is 84.7 Å². The predicted molar refractivity (Wildman–Crippen MR) is 65.7 cm³/mol. The third kappa shape index (κ3) is 1.56. The van der Waals surface area contributed by atoms with E-state index in [4.69, 9.17) is 5.73 Å². The lowest BCUT2D eigenvalue weighted by atomic mass is 10.1. The normalized spacial score (nSPS) is 10.9. The van der Waals surface area contributed by atoms with Gasteiger partial charge < -0.3 is 5.73 Å². The van der Waals surface area contributed by atoms with Crippen LogP contribution in [0.1, 0.15) is 10.5 Å². The van der Waals surface area contributed by atoms with Gasteiger partial charge in [-0.3, -0.25) is 4.79 Å². The van der Waals surface area contributed by atoms with Gasteiger partial charge in [-0.25, -0.2) is 4.39 Å². The number of rotatable bonds is 2. The molecule has 0 aliphatic rings. The molecule has 3 aromatic rings. The number of aromatic nitrogens is 3. The first-order valence-corrected chi connectivity index (χ1v) is 5.92. The number of thiophene rings is 1. The van der Waals surface area contributed by atoms with Crippen LogP contribution in [0.5, 0.6) is 0 Å². The van der Waals surface area contributed by atoms with E-state index in [-0.39, 0.29) is 17.0 Å². The Hall–Kier alpha value is -2.28. The molecule has 0 bridgehead atoms. The summed E-state index contributed by atoms with van der Waals surface area (Å²) in [5.74, 6) is -1.21. The van der Waals surface area contributed by atoms with E-state index in [0.717, 1.165) is 10.1 Å². The number of benzene rings is 1. The molecule has 0 saturated carbocycles. The van der Waals surface area contributed by atoms with Crippen LogP contribution in [0.4, 0.5) is 4.39 Å². The minimum absolute atomic E-state index is 0.0650. The van der Waals surface area contributed by atoms with Crippen LogP contribution < -0.4 is 5.73 Å². The lowest BCUT2D eigenvalue weighted by Crippen LogP contribution is -2.13. The first kappa shape index (κ1) is 10.8. The molecule has 90 valence electrons. The summed E-state index contributed by atoms with van der Waals surface area (Å²) in [5, 5.41) is 12.4. The summed E-state index contributed by atoms with van der Waals surface area (Å²) in [6.07, 6.45) is 0. The Bertz CT molecular complexity index is 748. The van der Waals surface area contributed by atoms with E-state index >= 15 is 0 Å². The van der Waals surface area contributed by atoms with Gasteiger partial charge in [0.1, 0.15) is 11.5 Å². The molecular formula is C11H7FN4OS. The largest absolute Gasteiger partial charge is 0.364 e. The van der Waals surface area contributed by atoms with Crippen molar-refractivity contribution < 1.29 is 9.18 Å². The highest BCUT2D eigenvalue weighted by Crippen LogP contribution is 2.30. The molecule has 5 nitrogen and oxygen atoms in total. The molecule has 18 heavy (non-hydrogen) atoms. The smallest absolute Gasteiger partial charge is 0.271 e. The van der Waals surface area contributed by atoms with E-state index in [9.17, 15) is 9.18 Å². The third-order valence-electron chi connectivity index (χ3n) is 2.58. The Kier molecular flexibility index (Phi) is 2.34. The van der Waals surface area contributed by atoms with Gasteiger partial charge >= 0.3 is 0 Å². The highest BCUT2D eigenvalue weighted by atomic mass is 32.1. The number of nitrogens with one attached hydrogen (secondary N) is 1. The standard InChI is InChI=1S/C11H7FN4OS/c12-7-3-5-1-2-18-8(5)4-6(7)9-10(11(13)17)15-16-14-9/h1-4H,(H2,13,17)(H,14,15,16). The zero-order valence-electron chi connectivity index (χ0n) is 8.98. The summed E-state index contributed by atoms with van der Waals surface area (Å²) in [5.41, 5.74) is 5.44. The zero-order chi connectivity index (χ0) is 12.7. The van der Waals surface area contributed by atoms with Crippen LogP contribution in [-0.2, 0) is 0 Å². The number of hydrogen-bond donors (Lipinski definition) is 2. The molecule has 2 aromatic heterocycles. The summed E-state index contributed by atoms with van der Waals surface area (Å²) in [6.45, 7) is 0. The SMILES string of the molecule is NC(=O)c1n[nH]nc1-c1cc2sccc2cc1F. The van der Waals surface area contributed by atoms with Crippen molar-refractivity contribution in [3.63, 3.8) is 0 Å². The molecule has 0 aliphatic heterocycles. The van der Waals surface area contributed by atoms with Gasteiger partial charge in [-0.1, -0.05) is 0 Å². The number of aromatic amines is 1. The van der Waals surface area contributed by atoms with E-state index in [1.54, 1.807) is 6.07 Å². The molecule has 2 heterocycles. The number of amides is 1. The molecule has 3 rings (SSSR count). The van der Waals surface area contributed by atoms with Crippen LogP contribution in [-0.4, -0.2) is 21.3 Å². The number of carbonyl (C=O) groups is 1. The van der Waals surface area contributed by atoms with E-state index in [1.165, 1.54) is 17.4 Å². The number of primary amides is 1. The zero-order valence-corrected chi connectivity index (χ0v) is 9.79. The van der Waals surface area contributed by atoms with E-state index in [0.29, 0.717) is 0 Å². The fourth-order valence-electron chi connectivity index (χ4n) is 1.75. The number of nitrogens with zero attached hydrogens (tertiary/aromatic N) is 2. The second-order valence-electron chi connectivity index (χ2n) is 3.68. The van der Waals surface area contributed by atoms with Gasteiger partial charge in [0, 0.05) is 10.3 Å². The lowest BCUT2D eigenvalue weighted by Gasteiger charge is -2.01. The Morgan fingerprint density at radius 3 is 3.00 bits per heavy atom. The first-order chi connectivity index (χ1) is 8.66. The average molecular weight is 262 g/mol. The van der Waals surface area contributed by atoms with Gasteiger partial charge in [0.05, 0.1) is 0 Å². The highest BCUT2D eigenvalue weighted by Gasteiger charge is 2.19. The maximum absolute atomic E-state index is 14.0. The quantitative estimate of drug-likeness (QED) is 0.740. The van der Waals surface area contributed by atoms with Gasteiger partial charge in [-0.15, -0.1) is 11.3 Å². The monoisotopic (exact) mass is 262 g/mol. The van der Waals surface area contributed by atoms with Crippen molar-refractivity contribution >= 4 is 27.3 Å². The van der Waals surface area contributed by atoms with Crippen LogP contribution in [0, 0.1) is 5.82 Å². The minimum atomic E-state index is -0.746. The van der Waals surface area contributed by atoms with E-state index in [2.05, 4.69) is 15.4 Å². The fourth-order valence-corrected chi connectivity index (χ4v) is 2.56. The second kappa shape index (κ2) is 3.88. The van der Waals surface area contributed by atoms with Crippen molar-refractivity contribution in [2.75, 3.05) is 0 Å². The molecule has 0 radical (unpaired) electrons. The highest BCUT2D eigenvalue weighted by molar-refractivity contribution is 7.17. The Balaban J connectivity index is 2.27. The van der Waals surface area contributed by atoms with Gasteiger partial charge in [0.2, 0.25) is 0 Å². The number of hydrogen-bond acceptors (Lipinski definition) is 4. The summed E-state index contributed by atoms with van der Waals surface area (Å²) in [7, 11) is 0. The average Bonchev–Trinajstić information content (AvgIpc) is 2.94. The first-order valence-electron chi connectivity index (χ1n) is 5.04. The molecule has 0 spiro atoms. The second-order valence-corrected chi connectivity index (χ2v) is 4.62. The van der Waals surface area contributed by atoms with Crippen molar-refractivity contribution in [3.05, 3.63) is 35.1 Å². The minimum Gasteiger partial charge on any atom is -0.364 e. The molecule has 0 unspecified atom stereocenters. The van der Waals surface area contributed by atoms with Crippen LogP contribution in [0.2, 0.25) is 0 Å². The maximum atomic E-state index is 14.0. The van der Waals surface area contributed by atoms with Crippen molar-refractivity contribution in [1.29, 1.82) is 0 Å². The van der Waals surface area contributed by atoms with Crippen molar-refractivity contribution in [3.8, 4) is 11.3 Å². The van der Waals surface area contributed by atoms with Crippen molar-refractivity contribution in [2.24, 2.45) is 5.73 Å². The molecule has 1 aromatic carbocycles. The third-order valence-corrected chi connectivity index (χ3v) is 3.46. The van der Waals surface area contributed by atoms with Gasteiger partial charge in [-0.2, -0.15) is 15.4 Å². The summed E-state index contributed by atoms with van der Waals surface area (Å²) in [4.78, 5) is 11.2. The molecule has 1 amide bonds. The van der Waals surface area contributed by atoms with Crippen molar-refractivity contribution in [2.45, 2.75) is 0 Å². The molecule has 0 saturated heterocycles. The Morgan fingerprint density at radius 1 is 1.39 bits per heavy atom. The Labute approximate surface area is 104 Å². The van der Waals surface area contributed by atoms with Gasteiger partial charge in [0.15, 0.2) is 5.69 Å². The van der Waals surface area contributed by atoms with Crippen LogP contribution in [0.3, 0.4) is 0 Å². The maximum Gasteiger partial charge on any atom is 0.271 e. The van der Waals surface area contributed by atoms with Gasteiger partial charge in [0.25, 0.3) is 5.91 Å². The predicted octanol–water partition coefficient (Wildman–Crippen LogP) is 1.92. The van der Waals surface area contributed by atoms with E-state index < -0.39 is 11.7 Å². The van der Waals surface area contributed by atoms with Crippen LogP contribution >= 0.6 is 11.3 Å². The number of halogens is 1. The molecule has 0 fully saturated rings. The van der Waals surface area contributed by atoms with E-state index in [1.807, 2.05) is 11.4 Å². The van der Waals surface area contributed by atoms with Crippen LogP contribution in [0.25, 0.3) is 21.3 Å². The number of fused-ring (bicyclic) bond motifs is 1. The fraction of sp³-hybridized carbons (Fsp3) is 0. The molecular weight excluding hydrogens is 255 g/mol. The Morgan fingerprint density at radius 2 is 2.22 bits per heavy atom. The molecule has 0 aliphatic carbocycles. The summed E-state index contributed by atoms with van der Waals surface area (Å²) >= 11 is 1.48. The molecule has 3 N–H and O–H groups in total.